The summed E-state index contributed by atoms with van der Waals surface area (Å²) in [6.45, 7) is 8.20. The first-order chi connectivity index (χ1) is 10.2. The van der Waals surface area contributed by atoms with Crippen LogP contribution in [0.25, 0.3) is 11.1 Å². The van der Waals surface area contributed by atoms with Gasteiger partial charge in [0.2, 0.25) is 0 Å². The van der Waals surface area contributed by atoms with Gasteiger partial charge in [-0.25, -0.2) is 0 Å². The number of ether oxygens (including phenoxy) is 1. The van der Waals surface area contributed by atoms with Crippen molar-refractivity contribution in [2.45, 2.75) is 19.4 Å². The van der Waals surface area contributed by atoms with Gasteiger partial charge < -0.3 is 4.74 Å². The van der Waals surface area contributed by atoms with Crippen LogP contribution in [0.15, 0.2) is 42.7 Å². The van der Waals surface area contributed by atoms with E-state index < -0.39 is 0 Å². The maximum absolute atomic E-state index is 5.46. The first kappa shape index (κ1) is 14.2. The molecule has 0 N–H and O–H groups in total. The molecule has 1 radical (unpaired) electrons. The van der Waals surface area contributed by atoms with Crippen LogP contribution in [0.3, 0.4) is 0 Å². The van der Waals surface area contributed by atoms with E-state index in [-0.39, 0.29) is 5.54 Å². The Hall–Kier alpha value is -1.71. The van der Waals surface area contributed by atoms with Crippen LogP contribution in [0, 0.1) is 6.07 Å². The van der Waals surface area contributed by atoms with Gasteiger partial charge in [0, 0.05) is 42.7 Å². The average molecular weight is 281 g/mol. The highest BCUT2D eigenvalue weighted by molar-refractivity contribution is 5.62. The molecule has 0 atom stereocenters. The molecule has 3 heteroatoms. The molecule has 0 aliphatic carbocycles. The van der Waals surface area contributed by atoms with E-state index in [1.165, 1.54) is 11.1 Å². The van der Waals surface area contributed by atoms with Gasteiger partial charge in [0.15, 0.2) is 0 Å². The van der Waals surface area contributed by atoms with Gasteiger partial charge in [-0.1, -0.05) is 24.3 Å². The van der Waals surface area contributed by atoms with Gasteiger partial charge in [-0.3, -0.25) is 9.88 Å². The molecule has 3 nitrogen and oxygen atoms in total. The lowest BCUT2D eigenvalue weighted by molar-refractivity contribution is -0.0118. The molecule has 0 bridgehead atoms. The van der Waals surface area contributed by atoms with E-state index in [1.807, 2.05) is 12.3 Å². The van der Waals surface area contributed by atoms with Gasteiger partial charge in [0.05, 0.1) is 13.2 Å². The highest BCUT2D eigenvalue weighted by atomic mass is 16.5. The largest absolute Gasteiger partial charge is 0.379 e. The standard InChI is InChI=1S/C18H21N2O/c1-18(2,20-10-12-21-13-11-20)17-7-5-15(6-8-17)16-4-3-9-19-14-16/h4-9,14H,10-13H2,1-2H3. The summed E-state index contributed by atoms with van der Waals surface area (Å²) in [7, 11) is 0. The third-order valence-electron chi connectivity index (χ3n) is 4.33. The SMILES string of the molecule is CC(C)(c1ccc(-c2c[c]cnc2)cc1)N1CCOCC1. The van der Waals surface area contributed by atoms with E-state index in [9.17, 15) is 0 Å². The quantitative estimate of drug-likeness (QED) is 0.864. The number of morpholine rings is 1. The molecule has 0 unspecified atom stereocenters. The predicted molar refractivity (Wildman–Crippen MR) is 83.9 cm³/mol. The monoisotopic (exact) mass is 281 g/mol. The zero-order valence-corrected chi connectivity index (χ0v) is 12.7. The van der Waals surface area contributed by atoms with Crippen molar-refractivity contribution in [3.8, 4) is 11.1 Å². The smallest absolute Gasteiger partial charge is 0.0594 e. The lowest BCUT2D eigenvalue weighted by Gasteiger charge is -2.41. The molecule has 1 aromatic carbocycles. The molecular weight excluding hydrogens is 260 g/mol. The van der Waals surface area contributed by atoms with E-state index in [2.05, 4.69) is 54.1 Å². The fourth-order valence-electron chi connectivity index (χ4n) is 2.86. The molecule has 0 spiro atoms. The van der Waals surface area contributed by atoms with Gasteiger partial charge in [0.25, 0.3) is 0 Å². The third kappa shape index (κ3) is 2.99. The fraction of sp³-hybridized carbons (Fsp3) is 0.389. The van der Waals surface area contributed by atoms with Crippen molar-refractivity contribution in [3.05, 3.63) is 54.4 Å². The molecule has 1 aliphatic rings. The Balaban J connectivity index is 1.83. The number of rotatable bonds is 3. The van der Waals surface area contributed by atoms with Gasteiger partial charge in [0.1, 0.15) is 0 Å². The molecule has 3 rings (SSSR count). The summed E-state index contributed by atoms with van der Waals surface area (Å²) >= 11 is 0. The minimum atomic E-state index is 0.0311. The second kappa shape index (κ2) is 5.96. The summed E-state index contributed by atoms with van der Waals surface area (Å²) in [5.74, 6) is 0. The van der Waals surface area contributed by atoms with Crippen molar-refractivity contribution in [1.82, 2.24) is 9.88 Å². The maximum Gasteiger partial charge on any atom is 0.0594 e. The molecule has 109 valence electrons. The van der Waals surface area contributed by atoms with Crippen LogP contribution in [0.4, 0.5) is 0 Å². The molecule has 2 aromatic rings. The van der Waals surface area contributed by atoms with Crippen LogP contribution in [-0.2, 0) is 10.3 Å². The number of aromatic nitrogens is 1. The van der Waals surface area contributed by atoms with E-state index in [0.29, 0.717) is 0 Å². The zero-order chi connectivity index (χ0) is 14.7. The minimum absolute atomic E-state index is 0.0311. The maximum atomic E-state index is 5.46. The molecule has 2 heterocycles. The van der Waals surface area contributed by atoms with Crippen molar-refractivity contribution < 1.29 is 4.74 Å². The first-order valence-electron chi connectivity index (χ1n) is 7.43. The lowest BCUT2D eigenvalue weighted by Crippen LogP contribution is -2.47. The molecular formula is C18H21N2O. The summed E-state index contributed by atoms with van der Waals surface area (Å²) in [4.78, 5) is 6.62. The molecule has 1 aliphatic heterocycles. The van der Waals surface area contributed by atoms with E-state index >= 15 is 0 Å². The van der Waals surface area contributed by atoms with Crippen molar-refractivity contribution in [3.63, 3.8) is 0 Å². The van der Waals surface area contributed by atoms with Gasteiger partial charge >= 0.3 is 0 Å². The highest BCUT2D eigenvalue weighted by Gasteiger charge is 2.29. The second-order valence-electron chi connectivity index (χ2n) is 5.91. The topological polar surface area (TPSA) is 25.4 Å². The first-order valence-corrected chi connectivity index (χ1v) is 7.43. The van der Waals surface area contributed by atoms with Crippen molar-refractivity contribution in [1.29, 1.82) is 0 Å². The number of pyridine rings is 1. The lowest BCUT2D eigenvalue weighted by atomic mass is 9.90. The molecule has 21 heavy (non-hydrogen) atoms. The van der Waals surface area contributed by atoms with Crippen LogP contribution in [0.5, 0.6) is 0 Å². The van der Waals surface area contributed by atoms with Crippen LogP contribution in [0.1, 0.15) is 19.4 Å². The van der Waals surface area contributed by atoms with Crippen LogP contribution < -0.4 is 0 Å². The Morgan fingerprint density at radius 3 is 2.43 bits per heavy atom. The molecule has 1 aromatic heterocycles. The van der Waals surface area contributed by atoms with Gasteiger partial charge in [-0.2, -0.15) is 0 Å². The highest BCUT2D eigenvalue weighted by Crippen LogP contribution is 2.30. The number of benzene rings is 1. The Bertz CT molecular complexity index is 572. The average Bonchev–Trinajstić information content (AvgIpc) is 2.57. The third-order valence-corrected chi connectivity index (χ3v) is 4.33. The van der Waals surface area contributed by atoms with E-state index in [0.717, 1.165) is 31.9 Å². The minimum Gasteiger partial charge on any atom is -0.379 e. The van der Waals surface area contributed by atoms with Crippen LogP contribution in [0.2, 0.25) is 0 Å². The summed E-state index contributed by atoms with van der Waals surface area (Å²) < 4.78 is 5.46. The van der Waals surface area contributed by atoms with E-state index in [4.69, 9.17) is 4.74 Å². The number of hydrogen-bond acceptors (Lipinski definition) is 3. The number of nitrogens with zero attached hydrogens (tertiary/aromatic N) is 2. The Kier molecular flexibility index (Phi) is 4.04. The Morgan fingerprint density at radius 1 is 1.10 bits per heavy atom. The van der Waals surface area contributed by atoms with Crippen molar-refractivity contribution >= 4 is 0 Å². The predicted octanol–water partition coefficient (Wildman–Crippen LogP) is 3.12. The second-order valence-corrected chi connectivity index (χ2v) is 5.91. The van der Waals surface area contributed by atoms with Gasteiger partial charge in [-0.05, 0) is 31.0 Å². The van der Waals surface area contributed by atoms with Gasteiger partial charge in [-0.15, -0.1) is 0 Å². The Labute approximate surface area is 126 Å². The summed E-state index contributed by atoms with van der Waals surface area (Å²) in [5.41, 5.74) is 3.65. The normalized spacial score (nSPS) is 16.9. The summed E-state index contributed by atoms with van der Waals surface area (Å²) in [6.07, 6.45) is 3.55. The fourth-order valence-corrected chi connectivity index (χ4v) is 2.86. The molecule has 1 saturated heterocycles. The Morgan fingerprint density at radius 2 is 1.81 bits per heavy atom. The number of hydrogen-bond donors (Lipinski definition) is 0. The van der Waals surface area contributed by atoms with Crippen molar-refractivity contribution in [2.24, 2.45) is 0 Å². The molecule has 1 fully saturated rings. The zero-order valence-electron chi connectivity index (χ0n) is 12.7. The summed E-state index contributed by atoms with van der Waals surface area (Å²) in [6, 6.07) is 13.8. The summed E-state index contributed by atoms with van der Waals surface area (Å²) in [5, 5.41) is 0. The molecule has 0 amide bonds. The van der Waals surface area contributed by atoms with Crippen molar-refractivity contribution in [2.75, 3.05) is 26.3 Å². The van der Waals surface area contributed by atoms with Crippen LogP contribution >= 0.6 is 0 Å². The van der Waals surface area contributed by atoms with Crippen LogP contribution in [-0.4, -0.2) is 36.2 Å². The molecule has 0 saturated carbocycles. The van der Waals surface area contributed by atoms with E-state index in [1.54, 1.807) is 6.20 Å².